The van der Waals surface area contributed by atoms with Gasteiger partial charge in [0.1, 0.15) is 5.75 Å². The van der Waals surface area contributed by atoms with Crippen LogP contribution >= 0.6 is 23.5 Å². The summed E-state index contributed by atoms with van der Waals surface area (Å²) in [5, 5.41) is 0.703. The Morgan fingerprint density at radius 1 is 1.39 bits per heavy atom. The number of hydrogen-bond donors (Lipinski definition) is 1. The van der Waals surface area contributed by atoms with Gasteiger partial charge in [0, 0.05) is 21.4 Å². The highest BCUT2D eigenvalue weighted by Crippen LogP contribution is 2.33. The van der Waals surface area contributed by atoms with E-state index in [-0.39, 0.29) is 10.8 Å². The van der Waals surface area contributed by atoms with Crippen molar-refractivity contribution in [1.29, 1.82) is 0 Å². The summed E-state index contributed by atoms with van der Waals surface area (Å²) in [7, 11) is 1.68. The van der Waals surface area contributed by atoms with Crippen molar-refractivity contribution in [2.24, 2.45) is 0 Å². The summed E-state index contributed by atoms with van der Waals surface area (Å²) in [6.45, 7) is 8.73. The zero-order valence-corrected chi connectivity index (χ0v) is 13.3. The molecular formula is C14H22ClNOS. The molecule has 1 rings (SSSR count). The highest BCUT2D eigenvalue weighted by Gasteiger charge is 2.18. The third-order valence-corrected chi connectivity index (χ3v) is 3.74. The molecule has 4 heteroatoms. The van der Waals surface area contributed by atoms with Gasteiger partial charge in [-0.25, -0.2) is 0 Å². The van der Waals surface area contributed by atoms with Crippen LogP contribution in [0, 0.1) is 0 Å². The largest absolute Gasteiger partial charge is 0.496 e. The average molecular weight is 288 g/mol. The monoisotopic (exact) mass is 287 g/mol. The standard InChI is InChI=1S/C14H22ClNOS/c1-6-12(16-18-14(2,3)4)11-8-7-10(15)9-13(11)17-5/h7-9,12,16H,6H2,1-5H3. The van der Waals surface area contributed by atoms with Gasteiger partial charge in [-0.15, -0.1) is 0 Å². The minimum absolute atomic E-state index is 0.188. The van der Waals surface area contributed by atoms with Crippen molar-refractivity contribution in [3.8, 4) is 5.75 Å². The molecule has 0 aliphatic rings. The van der Waals surface area contributed by atoms with E-state index < -0.39 is 0 Å². The molecule has 1 aromatic rings. The van der Waals surface area contributed by atoms with Crippen molar-refractivity contribution in [2.75, 3.05) is 7.11 Å². The summed E-state index contributed by atoms with van der Waals surface area (Å²) in [5.41, 5.74) is 1.15. The number of hydrogen-bond acceptors (Lipinski definition) is 3. The summed E-state index contributed by atoms with van der Waals surface area (Å²) in [4.78, 5) is 0. The first kappa shape index (κ1) is 15.7. The Morgan fingerprint density at radius 3 is 2.56 bits per heavy atom. The van der Waals surface area contributed by atoms with E-state index in [0.717, 1.165) is 17.7 Å². The molecule has 0 spiro atoms. The first-order chi connectivity index (χ1) is 8.37. The van der Waals surface area contributed by atoms with Crippen molar-refractivity contribution in [3.05, 3.63) is 28.8 Å². The lowest BCUT2D eigenvalue weighted by Gasteiger charge is -2.24. The second kappa shape index (κ2) is 6.69. The third kappa shape index (κ3) is 4.71. The van der Waals surface area contributed by atoms with Crippen LogP contribution in [0.4, 0.5) is 0 Å². The molecule has 1 atom stereocenters. The Bertz CT molecular complexity index is 390. The highest BCUT2D eigenvalue weighted by atomic mass is 35.5. The number of methoxy groups -OCH3 is 1. The Hall–Kier alpha value is -0.380. The number of nitrogens with one attached hydrogen (secondary N) is 1. The van der Waals surface area contributed by atoms with Gasteiger partial charge in [0.15, 0.2) is 0 Å². The lowest BCUT2D eigenvalue weighted by molar-refractivity contribution is 0.403. The van der Waals surface area contributed by atoms with E-state index in [4.69, 9.17) is 16.3 Å². The van der Waals surface area contributed by atoms with Gasteiger partial charge in [-0.3, -0.25) is 4.72 Å². The van der Waals surface area contributed by atoms with Crippen molar-refractivity contribution >= 4 is 23.5 Å². The van der Waals surface area contributed by atoms with Crippen LogP contribution in [0.5, 0.6) is 5.75 Å². The second-order valence-corrected chi connectivity index (χ2v) is 7.28. The number of rotatable bonds is 5. The normalized spacial score (nSPS) is 13.4. The fourth-order valence-electron chi connectivity index (χ4n) is 1.59. The van der Waals surface area contributed by atoms with E-state index in [1.807, 2.05) is 18.2 Å². The number of benzene rings is 1. The van der Waals surface area contributed by atoms with E-state index in [2.05, 4.69) is 32.4 Å². The molecule has 1 unspecified atom stereocenters. The molecule has 0 amide bonds. The van der Waals surface area contributed by atoms with Gasteiger partial charge in [0.25, 0.3) is 0 Å². The summed E-state index contributed by atoms with van der Waals surface area (Å²) in [5.74, 6) is 0.844. The molecule has 0 saturated heterocycles. The summed E-state index contributed by atoms with van der Waals surface area (Å²) < 4.78 is 9.11. The Kier molecular flexibility index (Phi) is 5.83. The van der Waals surface area contributed by atoms with E-state index in [9.17, 15) is 0 Å². The molecule has 0 saturated carbocycles. The molecule has 1 N–H and O–H groups in total. The van der Waals surface area contributed by atoms with Gasteiger partial charge in [-0.2, -0.15) is 0 Å². The molecule has 0 aromatic heterocycles. The maximum Gasteiger partial charge on any atom is 0.125 e. The predicted octanol–water partition coefficient (Wildman–Crippen LogP) is 4.84. The molecule has 0 radical (unpaired) electrons. The van der Waals surface area contributed by atoms with Crippen molar-refractivity contribution < 1.29 is 4.74 Å². The van der Waals surface area contributed by atoms with Crippen LogP contribution in [-0.2, 0) is 0 Å². The predicted molar refractivity (Wildman–Crippen MR) is 81.5 cm³/mol. The molecule has 0 aliphatic heterocycles. The molecule has 0 fully saturated rings. The highest BCUT2D eigenvalue weighted by molar-refractivity contribution is 7.98. The van der Waals surface area contributed by atoms with Crippen LogP contribution in [0.15, 0.2) is 18.2 Å². The van der Waals surface area contributed by atoms with Gasteiger partial charge in [0.05, 0.1) is 7.11 Å². The van der Waals surface area contributed by atoms with Gasteiger partial charge in [0.2, 0.25) is 0 Å². The quantitative estimate of drug-likeness (QED) is 0.783. The molecule has 2 nitrogen and oxygen atoms in total. The first-order valence-corrected chi connectivity index (χ1v) is 7.33. The van der Waals surface area contributed by atoms with Crippen LogP contribution < -0.4 is 9.46 Å². The van der Waals surface area contributed by atoms with Crippen LogP contribution in [0.2, 0.25) is 5.02 Å². The minimum atomic E-state index is 0.188. The van der Waals surface area contributed by atoms with E-state index >= 15 is 0 Å². The molecule has 0 bridgehead atoms. The molecule has 0 aliphatic carbocycles. The smallest absolute Gasteiger partial charge is 0.125 e. The molecular weight excluding hydrogens is 266 g/mol. The molecule has 102 valence electrons. The molecule has 18 heavy (non-hydrogen) atoms. The Morgan fingerprint density at radius 2 is 2.06 bits per heavy atom. The topological polar surface area (TPSA) is 21.3 Å². The van der Waals surface area contributed by atoms with Gasteiger partial charge < -0.3 is 4.74 Å². The molecule has 0 heterocycles. The Labute approximate surface area is 120 Å². The van der Waals surface area contributed by atoms with Gasteiger partial charge in [-0.1, -0.05) is 36.5 Å². The average Bonchev–Trinajstić information content (AvgIpc) is 2.29. The summed E-state index contributed by atoms with van der Waals surface area (Å²) in [6.07, 6.45) is 1.00. The first-order valence-electron chi connectivity index (χ1n) is 6.14. The van der Waals surface area contributed by atoms with Crippen LogP contribution in [0.1, 0.15) is 45.7 Å². The van der Waals surface area contributed by atoms with Crippen molar-refractivity contribution in [2.45, 2.75) is 44.9 Å². The van der Waals surface area contributed by atoms with Crippen LogP contribution in [-0.4, -0.2) is 11.9 Å². The summed E-state index contributed by atoms with van der Waals surface area (Å²) in [6, 6.07) is 6.07. The lowest BCUT2D eigenvalue weighted by Crippen LogP contribution is -2.21. The van der Waals surface area contributed by atoms with Gasteiger partial charge >= 0.3 is 0 Å². The number of halogens is 1. The second-order valence-electron chi connectivity index (χ2n) is 5.18. The van der Waals surface area contributed by atoms with E-state index in [1.165, 1.54) is 0 Å². The van der Waals surface area contributed by atoms with E-state index in [0.29, 0.717) is 5.02 Å². The summed E-state index contributed by atoms with van der Waals surface area (Å²) >= 11 is 7.73. The lowest BCUT2D eigenvalue weighted by atomic mass is 10.0. The zero-order chi connectivity index (χ0) is 13.8. The minimum Gasteiger partial charge on any atom is -0.496 e. The van der Waals surface area contributed by atoms with Crippen LogP contribution in [0.3, 0.4) is 0 Å². The zero-order valence-electron chi connectivity index (χ0n) is 11.7. The maximum atomic E-state index is 5.99. The number of ether oxygens (including phenoxy) is 1. The SMILES string of the molecule is CCC(NSC(C)(C)C)c1ccc(Cl)cc1OC. The fourth-order valence-corrected chi connectivity index (χ4v) is 2.54. The fraction of sp³-hybridized carbons (Fsp3) is 0.571. The van der Waals surface area contributed by atoms with Crippen LogP contribution in [0.25, 0.3) is 0 Å². The van der Waals surface area contributed by atoms with Crippen molar-refractivity contribution in [1.82, 2.24) is 4.72 Å². The maximum absolute atomic E-state index is 5.99. The molecule has 1 aromatic carbocycles. The van der Waals surface area contributed by atoms with E-state index in [1.54, 1.807) is 19.1 Å². The third-order valence-electron chi connectivity index (χ3n) is 2.49. The van der Waals surface area contributed by atoms with Crippen molar-refractivity contribution in [3.63, 3.8) is 0 Å². The van der Waals surface area contributed by atoms with Gasteiger partial charge in [-0.05, 0) is 39.3 Å². The Balaban J connectivity index is 2.88.